The summed E-state index contributed by atoms with van der Waals surface area (Å²) in [5, 5.41) is 23.1. The van der Waals surface area contributed by atoms with Crippen LogP contribution < -0.4 is 5.32 Å². The summed E-state index contributed by atoms with van der Waals surface area (Å²) in [4.78, 5) is 12.4. The predicted octanol–water partition coefficient (Wildman–Crippen LogP) is 6.30. The molecule has 1 fully saturated rings. The largest absolute Gasteiger partial charge is 0.394 e. The van der Waals surface area contributed by atoms with E-state index in [-0.39, 0.29) is 24.5 Å². The summed E-state index contributed by atoms with van der Waals surface area (Å²) in [6, 6.07) is 9.52. The highest BCUT2D eigenvalue weighted by atomic mass is 16.3. The summed E-state index contributed by atoms with van der Waals surface area (Å²) in [5.41, 5.74) is 2.76. The molecule has 0 aromatic heterocycles. The second-order valence-corrected chi connectivity index (χ2v) is 10.5. The molecule has 3 unspecified atom stereocenters. The van der Waals surface area contributed by atoms with E-state index in [9.17, 15) is 15.0 Å². The number of nitrogens with one attached hydrogen (secondary N) is 1. The first-order valence-corrected chi connectivity index (χ1v) is 14.0. The zero-order valence-electron chi connectivity index (χ0n) is 23.1. The predicted molar refractivity (Wildman–Crippen MR) is 154 cm³/mol. The van der Waals surface area contributed by atoms with Gasteiger partial charge in [0.05, 0.1) is 18.8 Å². The third kappa shape index (κ3) is 12.5. The number of aliphatic hydroxyl groups is 2. The third-order valence-electron chi connectivity index (χ3n) is 7.27. The molecule has 37 heavy (non-hydrogen) atoms. The van der Waals surface area contributed by atoms with Crippen LogP contribution in [0.4, 0.5) is 0 Å². The van der Waals surface area contributed by atoms with Gasteiger partial charge in [-0.3, -0.25) is 4.79 Å². The minimum Gasteiger partial charge on any atom is -0.394 e. The summed E-state index contributed by atoms with van der Waals surface area (Å²) in [6.45, 7) is 5.72. The number of carbonyl (C=O) groups is 1. The minimum absolute atomic E-state index is 0.0152. The molecule has 202 valence electrons. The van der Waals surface area contributed by atoms with Crippen LogP contribution in [0.3, 0.4) is 0 Å². The molecule has 1 aromatic carbocycles. The number of unbranched alkanes of at least 4 members (excludes halogenated alkanes) is 1. The summed E-state index contributed by atoms with van der Waals surface area (Å²) < 4.78 is 0. The zero-order chi connectivity index (χ0) is 26.9. The number of amides is 1. The number of aliphatic hydroxyl groups excluding tert-OH is 2. The van der Waals surface area contributed by atoms with E-state index in [0.29, 0.717) is 24.8 Å². The van der Waals surface area contributed by atoms with Gasteiger partial charge in [0, 0.05) is 17.9 Å². The second-order valence-electron chi connectivity index (χ2n) is 10.5. The number of hydrogen-bond donors (Lipinski definition) is 3. The molecule has 1 aliphatic rings. The van der Waals surface area contributed by atoms with Gasteiger partial charge in [-0.2, -0.15) is 0 Å². The van der Waals surface area contributed by atoms with Crippen LogP contribution in [0.5, 0.6) is 0 Å². The Balaban J connectivity index is 1.69. The lowest BCUT2D eigenvalue weighted by molar-refractivity contribution is -0.118. The SMILES string of the molecule is CC(=CCCC#CC=CC(C)C(O)C(C)=CCCC1CCCCC1)C(=O)NC(CO)Cc1ccccc1. The van der Waals surface area contributed by atoms with Gasteiger partial charge in [0.25, 0.3) is 0 Å². The molecule has 3 N–H and O–H groups in total. The number of allylic oxidation sites excluding steroid dienone is 3. The first-order valence-electron chi connectivity index (χ1n) is 14.0. The van der Waals surface area contributed by atoms with Crippen LogP contribution in [0.2, 0.25) is 0 Å². The van der Waals surface area contributed by atoms with E-state index in [4.69, 9.17) is 0 Å². The van der Waals surface area contributed by atoms with Crippen molar-refractivity contribution < 1.29 is 15.0 Å². The van der Waals surface area contributed by atoms with Crippen molar-refractivity contribution in [3.05, 3.63) is 71.3 Å². The topological polar surface area (TPSA) is 69.6 Å². The molecule has 4 heteroatoms. The zero-order valence-corrected chi connectivity index (χ0v) is 23.1. The van der Waals surface area contributed by atoms with Crippen LogP contribution in [-0.2, 0) is 11.2 Å². The van der Waals surface area contributed by atoms with Crippen molar-refractivity contribution in [2.75, 3.05) is 6.61 Å². The Morgan fingerprint density at radius 2 is 1.84 bits per heavy atom. The maximum atomic E-state index is 12.4. The Kier molecular flexibility index (Phi) is 14.7. The van der Waals surface area contributed by atoms with Gasteiger partial charge in [0.1, 0.15) is 0 Å². The Labute approximate surface area is 225 Å². The maximum absolute atomic E-state index is 12.4. The van der Waals surface area contributed by atoms with Gasteiger partial charge in [-0.05, 0) is 62.7 Å². The lowest BCUT2D eigenvalue weighted by Gasteiger charge is -2.21. The first-order chi connectivity index (χ1) is 17.9. The Bertz CT molecular complexity index is 945. The summed E-state index contributed by atoms with van der Waals surface area (Å²) in [6.07, 6.45) is 18.5. The quantitative estimate of drug-likeness (QED) is 0.128. The van der Waals surface area contributed by atoms with E-state index >= 15 is 0 Å². The van der Waals surface area contributed by atoms with Crippen LogP contribution in [0.25, 0.3) is 0 Å². The van der Waals surface area contributed by atoms with Crippen molar-refractivity contribution in [3.63, 3.8) is 0 Å². The molecular formula is C33H47NO3. The summed E-state index contributed by atoms with van der Waals surface area (Å²) >= 11 is 0. The third-order valence-corrected chi connectivity index (χ3v) is 7.27. The van der Waals surface area contributed by atoms with Crippen molar-refractivity contribution in [1.82, 2.24) is 5.32 Å². The monoisotopic (exact) mass is 505 g/mol. The van der Waals surface area contributed by atoms with Crippen LogP contribution in [0.15, 0.2) is 65.8 Å². The average Bonchev–Trinajstić information content (AvgIpc) is 2.92. The Morgan fingerprint density at radius 3 is 2.54 bits per heavy atom. The van der Waals surface area contributed by atoms with Crippen molar-refractivity contribution >= 4 is 5.91 Å². The summed E-state index contributed by atoms with van der Waals surface area (Å²) in [7, 11) is 0. The van der Waals surface area contributed by atoms with Crippen LogP contribution >= 0.6 is 0 Å². The van der Waals surface area contributed by atoms with E-state index in [2.05, 4.69) is 23.2 Å². The molecule has 1 saturated carbocycles. The fourth-order valence-corrected chi connectivity index (χ4v) is 4.81. The molecular weight excluding hydrogens is 458 g/mol. The minimum atomic E-state index is -0.474. The molecule has 0 spiro atoms. The number of hydrogen-bond acceptors (Lipinski definition) is 3. The fraction of sp³-hybridized carbons (Fsp3) is 0.545. The van der Waals surface area contributed by atoms with Crippen molar-refractivity contribution in [3.8, 4) is 11.8 Å². The van der Waals surface area contributed by atoms with Gasteiger partial charge in [-0.25, -0.2) is 0 Å². The molecule has 1 aliphatic carbocycles. The number of rotatable bonds is 13. The van der Waals surface area contributed by atoms with Crippen molar-refractivity contribution in [1.29, 1.82) is 0 Å². The molecule has 3 atom stereocenters. The second kappa shape index (κ2) is 17.8. The Morgan fingerprint density at radius 1 is 1.11 bits per heavy atom. The standard InChI is InChI=1S/C33H47NO3/c1-26(32(36)27(2)18-15-23-29-19-11-7-12-20-29)16-9-5-4-6-10-17-28(3)33(37)34-31(25-35)24-30-21-13-8-14-22-30/h8-9,13-14,16-18,21-22,26,29,31-32,35-36H,6-7,10-12,15,19-20,23-25H2,1-3H3,(H,34,37). The molecule has 0 aliphatic heterocycles. The van der Waals surface area contributed by atoms with Gasteiger partial charge in [-0.15, -0.1) is 0 Å². The molecule has 0 saturated heterocycles. The average molecular weight is 506 g/mol. The summed E-state index contributed by atoms with van der Waals surface area (Å²) in [5.74, 6) is 6.88. The number of benzene rings is 1. The number of carbonyl (C=O) groups excluding carboxylic acids is 1. The van der Waals surface area contributed by atoms with E-state index in [0.717, 1.165) is 23.5 Å². The molecule has 4 nitrogen and oxygen atoms in total. The lowest BCUT2D eigenvalue weighted by atomic mass is 9.85. The van der Waals surface area contributed by atoms with E-state index in [1.165, 1.54) is 38.5 Å². The van der Waals surface area contributed by atoms with E-state index in [1.54, 1.807) is 6.92 Å². The van der Waals surface area contributed by atoms with Crippen LogP contribution in [-0.4, -0.2) is 34.9 Å². The molecule has 0 bridgehead atoms. The smallest absolute Gasteiger partial charge is 0.246 e. The van der Waals surface area contributed by atoms with Crippen LogP contribution in [0, 0.1) is 23.7 Å². The highest BCUT2D eigenvalue weighted by molar-refractivity contribution is 5.92. The van der Waals surface area contributed by atoms with E-state index < -0.39 is 6.10 Å². The first kappa shape index (κ1) is 30.6. The maximum Gasteiger partial charge on any atom is 0.246 e. The molecule has 1 aromatic rings. The van der Waals surface area contributed by atoms with Gasteiger partial charge in [0.2, 0.25) is 5.91 Å². The fourth-order valence-electron chi connectivity index (χ4n) is 4.81. The van der Waals surface area contributed by atoms with Crippen molar-refractivity contribution in [2.24, 2.45) is 11.8 Å². The highest BCUT2D eigenvalue weighted by Crippen LogP contribution is 2.27. The van der Waals surface area contributed by atoms with Gasteiger partial charge < -0.3 is 15.5 Å². The molecule has 2 rings (SSSR count). The Hall–Kier alpha value is -2.61. The normalized spacial score (nSPS) is 17.6. The molecule has 1 amide bonds. The van der Waals surface area contributed by atoms with E-state index in [1.807, 2.05) is 62.4 Å². The highest BCUT2D eigenvalue weighted by Gasteiger charge is 2.15. The molecule has 0 heterocycles. The van der Waals surface area contributed by atoms with Crippen molar-refractivity contribution in [2.45, 2.75) is 97.1 Å². The molecule has 0 radical (unpaired) electrons. The van der Waals surface area contributed by atoms with Gasteiger partial charge >= 0.3 is 0 Å². The lowest BCUT2D eigenvalue weighted by Crippen LogP contribution is -2.39. The van der Waals surface area contributed by atoms with Crippen LogP contribution in [0.1, 0.15) is 84.1 Å². The van der Waals surface area contributed by atoms with Gasteiger partial charge in [0.15, 0.2) is 0 Å². The van der Waals surface area contributed by atoms with Gasteiger partial charge in [-0.1, -0.05) is 99.4 Å².